The van der Waals surface area contributed by atoms with Crippen LogP contribution in [-0.2, 0) is 27.7 Å². The van der Waals surface area contributed by atoms with Crippen molar-refractivity contribution in [3.63, 3.8) is 0 Å². The fourth-order valence-corrected chi connectivity index (χ4v) is 8.25. The molecule has 2 aliphatic rings. The van der Waals surface area contributed by atoms with Crippen molar-refractivity contribution in [3.8, 4) is 5.69 Å². The number of fused-ring (bicyclic) bond motifs is 2. The largest absolute Gasteiger partial charge is 0.564 e. The van der Waals surface area contributed by atoms with Crippen LogP contribution in [0.1, 0.15) is 51.3 Å². The molecule has 0 N–H and O–H groups in total. The summed E-state index contributed by atoms with van der Waals surface area (Å²) < 4.78 is 51.1. The maximum atomic E-state index is 13.7. The Morgan fingerprint density at radius 2 is 1.89 bits per heavy atom. The molecule has 0 aliphatic heterocycles. The second-order valence-electron chi connectivity index (χ2n) is 12.4. The minimum Gasteiger partial charge on any atom is -0.564 e. The van der Waals surface area contributed by atoms with Crippen molar-refractivity contribution in [1.29, 1.82) is 0 Å². The Labute approximate surface area is 225 Å². The van der Waals surface area contributed by atoms with Crippen LogP contribution in [0.5, 0.6) is 0 Å². The van der Waals surface area contributed by atoms with Crippen molar-refractivity contribution in [3.05, 3.63) is 65.4 Å². The minimum atomic E-state index is -3.59. The molecule has 2 aromatic heterocycles. The third kappa shape index (κ3) is 4.71. The Balaban J connectivity index is 1.54. The van der Waals surface area contributed by atoms with Gasteiger partial charge in [-0.25, -0.2) is 17.5 Å². The van der Waals surface area contributed by atoms with Gasteiger partial charge in [-0.15, -0.1) is 18.1 Å². The van der Waals surface area contributed by atoms with Crippen LogP contribution >= 0.6 is 0 Å². The summed E-state index contributed by atoms with van der Waals surface area (Å²) >= 11 is 0. The molecule has 0 radical (unpaired) electrons. The highest BCUT2D eigenvalue weighted by Crippen LogP contribution is 2.51. The first-order valence-electron chi connectivity index (χ1n) is 13.1. The summed E-state index contributed by atoms with van der Waals surface area (Å²) in [5.41, 5.74) is 3.58. The van der Waals surface area contributed by atoms with E-state index in [1.807, 2.05) is 10.9 Å². The molecule has 2 atom stereocenters. The highest BCUT2D eigenvalue weighted by atomic mass is 32.2. The van der Waals surface area contributed by atoms with Gasteiger partial charge in [0.1, 0.15) is 5.82 Å². The molecule has 2 aliphatic carbocycles. The molecule has 38 heavy (non-hydrogen) atoms. The van der Waals surface area contributed by atoms with Gasteiger partial charge in [-0.2, -0.15) is 10.2 Å². The van der Waals surface area contributed by atoms with E-state index in [4.69, 9.17) is 4.43 Å². The average molecular weight is 557 g/mol. The fourth-order valence-electron chi connectivity index (χ4n) is 5.38. The molecule has 10 heteroatoms. The first-order valence-corrected chi connectivity index (χ1v) is 17.6. The van der Waals surface area contributed by atoms with Crippen LogP contribution in [0.15, 0.2) is 53.3 Å². The van der Waals surface area contributed by atoms with Gasteiger partial charge in [-0.05, 0) is 76.0 Å². The smallest absolute Gasteiger partial charge is 0.200 e. The number of benzene rings is 1. The van der Waals surface area contributed by atoms with E-state index in [-0.39, 0.29) is 15.9 Å². The lowest BCUT2D eigenvalue weighted by Gasteiger charge is -2.53. The molecule has 2 heterocycles. The summed E-state index contributed by atoms with van der Waals surface area (Å²) in [5, 5.41) is 8.51. The SMILES string of the molecule is Cn1ccc(S(=O)(=O)[C@H]2CCC3=Cc4c(cnn4-c4ccc(F)cc4)C[C@]3(CO[Si-](C)(C)C(C)(C)C)C2)n1. The predicted octanol–water partition coefficient (Wildman–Crippen LogP) is 5.72. The van der Waals surface area contributed by atoms with Gasteiger partial charge in [0.15, 0.2) is 14.9 Å². The van der Waals surface area contributed by atoms with Crippen molar-refractivity contribution in [2.75, 3.05) is 6.61 Å². The van der Waals surface area contributed by atoms with Crippen molar-refractivity contribution in [2.24, 2.45) is 12.5 Å². The highest BCUT2D eigenvalue weighted by Gasteiger charge is 2.48. The Kier molecular flexibility index (Phi) is 6.59. The monoisotopic (exact) mass is 556 g/mol. The lowest BCUT2D eigenvalue weighted by molar-refractivity contribution is 0.135. The number of hydrogen-bond donors (Lipinski definition) is 0. The lowest BCUT2D eigenvalue weighted by atomic mass is 9.65. The van der Waals surface area contributed by atoms with Crippen LogP contribution in [0, 0.1) is 11.2 Å². The van der Waals surface area contributed by atoms with Gasteiger partial charge in [0.2, 0.25) is 0 Å². The summed E-state index contributed by atoms with van der Waals surface area (Å²) in [6.07, 6.45) is 8.03. The van der Waals surface area contributed by atoms with Gasteiger partial charge in [-0.1, -0.05) is 26.3 Å². The Hall–Kier alpha value is -2.56. The molecule has 205 valence electrons. The maximum absolute atomic E-state index is 13.7. The van der Waals surface area contributed by atoms with Crippen molar-refractivity contribution < 1.29 is 17.2 Å². The molecule has 0 saturated heterocycles. The van der Waals surface area contributed by atoms with Crippen LogP contribution in [0.25, 0.3) is 11.8 Å². The molecule has 3 aromatic rings. The molecule has 0 spiro atoms. The van der Waals surface area contributed by atoms with Gasteiger partial charge < -0.3 is 4.43 Å². The second kappa shape index (κ2) is 9.27. The van der Waals surface area contributed by atoms with E-state index in [0.29, 0.717) is 32.3 Å². The number of hydrogen-bond acceptors (Lipinski definition) is 5. The molecular weight excluding hydrogens is 519 g/mol. The van der Waals surface area contributed by atoms with Gasteiger partial charge in [0, 0.05) is 25.3 Å². The van der Waals surface area contributed by atoms with Crippen molar-refractivity contribution in [1.82, 2.24) is 19.6 Å². The molecule has 0 bridgehead atoms. The van der Waals surface area contributed by atoms with Crippen LogP contribution in [0.3, 0.4) is 0 Å². The predicted molar refractivity (Wildman–Crippen MR) is 149 cm³/mol. The fraction of sp³-hybridized carbons (Fsp3) is 0.500. The molecular formula is C28H37FN4O3SSi-. The van der Waals surface area contributed by atoms with Crippen LogP contribution < -0.4 is 0 Å². The van der Waals surface area contributed by atoms with E-state index in [1.165, 1.54) is 22.4 Å². The Morgan fingerprint density at radius 3 is 2.53 bits per heavy atom. The first-order chi connectivity index (χ1) is 17.7. The van der Waals surface area contributed by atoms with Gasteiger partial charge in [0.05, 0.1) is 22.8 Å². The molecule has 1 fully saturated rings. The third-order valence-electron chi connectivity index (χ3n) is 8.77. The number of halogens is 1. The van der Waals surface area contributed by atoms with E-state index >= 15 is 0 Å². The molecule has 0 amide bonds. The molecule has 5 rings (SSSR count). The quantitative estimate of drug-likeness (QED) is 0.363. The van der Waals surface area contributed by atoms with Gasteiger partial charge in [0.25, 0.3) is 0 Å². The first kappa shape index (κ1) is 27.0. The number of aryl methyl sites for hydroxylation is 1. The van der Waals surface area contributed by atoms with Crippen LogP contribution in [-0.4, -0.2) is 48.2 Å². The average Bonchev–Trinajstić information content (AvgIpc) is 3.47. The number of aromatic nitrogens is 4. The number of rotatable bonds is 6. The van der Waals surface area contributed by atoms with Gasteiger partial charge in [-0.3, -0.25) is 4.68 Å². The Morgan fingerprint density at radius 1 is 1.18 bits per heavy atom. The molecule has 0 unspecified atom stereocenters. The Bertz CT molecular complexity index is 1480. The standard InChI is InChI=1S/C28H37FN4O3SSi/c1-27(2,3)38(5,6)36-19-28-16-20-18-30-33(23-10-8-22(29)9-11-23)25(20)15-21(28)7-12-24(17-28)37(34,35)26-13-14-32(4)31-26/h8-11,13-15,18,24H,7,12,16-17,19H2,1-6H3/q-1/t24-,28+/m0/s1. The third-order valence-corrected chi connectivity index (χ3v) is 15.3. The zero-order chi connectivity index (χ0) is 27.5. The maximum Gasteiger partial charge on any atom is 0.200 e. The van der Waals surface area contributed by atoms with Crippen molar-refractivity contribution >= 4 is 24.2 Å². The van der Waals surface area contributed by atoms with Crippen LogP contribution in [0.4, 0.5) is 4.39 Å². The summed E-state index contributed by atoms with van der Waals surface area (Å²) in [4.78, 5) is 0. The van der Waals surface area contributed by atoms with E-state index in [0.717, 1.165) is 16.9 Å². The van der Waals surface area contributed by atoms with Crippen LogP contribution in [0.2, 0.25) is 18.1 Å². The van der Waals surface area contributed by atoms with E-state index in [2.05, 4.69) is 50.1 Å². The zero-order valence-electron chi connectivity index (χ0n) is 23.0. The van der Waals surface area contributed by atoms with Gasteiger partial charge >= 0.3 is 0 Å². The molecule has 1 saturated carbocycles. The highest BCUT2D eigenvalue weighted by molar-refractivity contribution is 7.92. The number of sulfone groups is 1. The molecule has 7 nitrogen and oxygen atoms in total. The van der Waals surface area contributed by atoms with E-state index in [1.54, 1.807) is 31.4 Å². The summed E-state index contributed by atoms with van der Waals surface area (Å²) in [7, 11) is -3.95. The zero-order valence-corrected chi connectivity index (χ0v) is 24.8. The lowest BCUT2D eigenvalue weighted by Crippen LogP contribution is -2.48. The topological polar surface area (TPSA) is 79.0 Å². The molecule has 1 aromatic carbocycles. The summed E-state index contributed by atoms with van der Waals surface area (Å²) in [6.45, 7) is 11.6. The second-order valence-corrected chi connectivity index (χ2v) is 19.3. The van der Waals surface area contributed by atoms with E-state index in [9.17, 15) is 12.8 Å². The normalized spacial score (nSPS) is 22.1. The van der Waals surface area contributed by atoms with E-state index < -0.39 is 28.8 Å². The number of nitrogens with zero attached hydrogens (tertiary/aromatic N) is 4. The minimum absolute atomic E-state index is 0.0366. The summed E-state index contributed by atoms with van der Waals surface area (Å²) in [6, 6.07) is 7.90. The van der Waals surface area contributed by atoms with Crippen molar-refractivity contribution in [2.45, 2.75) is 74.9 Å². The summed E-state index contributed by atoms with van der Waals surface area (Å²) in [5.74, 6) is -0.289.